The van der Waals surface area contributed by atoms with E-state index in [1.165, 1.54) is 43.5 Å². The molecular weight excluding hydrogens is 717 g/mol. The van der Waals surface area contributed by atoms with Crippen LogP contribution in [0, 0.1) is 0 Å². The van der Waals surface area contributed by atoms with Crippen LogP contribution in [0.5, 0.6) is 0 Å². The number of hydrogen-bond acceptors (Lipinski definition) is 2. The molecule has 0 bridgehead atoms. The first kappa shape index (κ1) is 33.3. The average Bonchev–Trinajstić information content (AvgIpc) is 3.85. The molecule has 0 atom stereocenters. The molecule has 0 amide bonds. The predicted octanol–water partition coefficient (Wildman–Crippen LogP) is 15.8. The van der Waals surface area contributed by atoms with Gasteiger partial charge in [0.15, 0.2) is 0 Å². The molecule has 0 aliphatic heterocycles. The second-order valence-corrected chi connectivity index (χ2v) is 15.4. The molecule has 3 heteroatoms. The van der Waals surface area contributed by atoms with Gasteiger partial charge in [-0.3, -0.25) is 0 Å². The first-order chi connectivity index (χ1) is 29.2. The molecule has 59 heavy (non-hydrogen) atoms. The molecule has 0 unspecified atom stereocenters. The predicted molar refractivity (Wildman–Crippen MR) is 249 cm³/mol. The molecule has 12 rings (SSSR count). The monoisotopic (exact) mass is 752 g/mol. The Morgan fingerprint density at radius 2 is 0.898 bits per heavy atom. The molecule has 0 spiro atoms. The van der Waals surface area contributed by atoms with Crippen LogP contribution in [0.2, 0.25) is 0 Å². The number of para-hydroxylation sites is 2. The van der Waals surface area contributed by atoms with Crippen LogP contribution in [0.3, 0.4) is 0 Å². The second-order valence-electron chi connectivity index (χ2n) is 15.4. The number of anilines is 3. The van der Waals surface area contributed by atoms with Crippen molar-refractivity contribution in [3.63, 3.8) is 0 Å². The van der Waals surface area contributed by atoms with Crippen LogP contribution in [0.25, 0.3) is 93.2 Å². The van der Waals surface area contributed by atoms with Crippen LogP contribution < -0.4 is 4.90 Å². The van der Waals surface area contributed by atoms with Crippen molar-refractivity contribution in [1.82, 2.24) is 4.57 Å². The quantitative estimate of drug-likeness (QED) is 0.169. The lowest BCUT2D eigenvalue weighted by Crippen LogP contribution is -2.10. The summed E-state index contributed by atoms with van der Waals surface area (Å²) < 4.78 is 8.97. The number of fused-ring (bicyclic) bond motifs is 9. The lowest BCUT2D eigenvalue weighted by Gasteiger charge is -2.26. The SMILES string of the molecule is c1cc(-c2ccc3c(c2)oc2c4ccccc4ccc32)cc(N(c2ccc(-c3cccc(-n4c5ccccc5c5ccccc54)c3)cc2)c2ccc3ccccc3c2)c1. The van der Waals surface area contributed by atoms with E-state index >= 15 is 0 Å². The van der Waals surface area contributed by atoms with E-state index in [-0.39, 0.29) is 0 Å². The van der Waals surface area contributed by atoms with Crippen LogP contribution in [0.15, 0.2) is 223 Å². The van der Waals surface area contributed by atoms with E-state index in [2.05, 4.69) is 228 Å². The molecule has 276 valence electrons. The van der Waals surface area contributed by atoms with Gasteiger partial charge >= 0.3 is 0 Å². The van der Waals surface area contributed by atoms with Crippen molar-refractivity contribution in [3.8, 4) is 27.9 Å². The van der Waals surface area contributed by atoms with Gasteiger partial charge in [0.2, 0.25) is 0 Å². The maximum absolute atomic E-state index is 6.59. The van der Waals surface area contributed by atoms with E-state index in [1.807, 2.05) is 0 Å². The summed E-state index contributed by atoms with van der Waals surface area (Å²) in [6.07, 6.45) is 0. The van der Waals surface area contributed by atoms with E-state index in [0.717, 1.165) is 66.8 Å². The minimum Gasteiger partial charge on any atom is -0.455 e. The van der Waals surface area contributed by atoms with E-state index in [1.54, 1.807) is 0 Å². The number of furan rings is 1. The Labute approximate surface area is 341 Å². The molecule has 0 N–H and O–H groups in total. The summed E-state index contributed by atoms with van der Waals surface area (Å²) >= 11 is 0. The third-order valence-corrected chi connectivity index (χ3v) is 11.9. The number of rotatable bonds is 6. The van der Waals surface area contributed by atoms with Crippen LogP contribution in [0.4, 0.5) is 17.1 Å². The van der Waals surface area contributed by atoms with Crippen molar-refractivity contribution >= 4 is 82.4 Å². The smallest absolute Gasteiger partial charge is 0.143 e. The highest BCUT2D eigenvalue weighted by Gasteiger charge is 2.17. The summed E-state index contributed by atoms with van der Waals surface area (Å²) in [6, 6.07) is 78.7. The summed E-state index contributed by atoms with van der Waals surface area (Å²) in [6.45, 7) is 0. The van der Waals surface area contributed by atoms with Gasteiger partial charge in [0.25, 0.3) is 0 Å². The Hall–Kier alpha value is -7.88. The van der Waals surface area contributed by atoms with Gasteiger partial charge in [-0.1, -0.05) is 140 Å². The Morgan fingerprint density at radius 3 is 1.69 bits per heavy atom. The molecule has 12 aromatic rings. The van der Waals surface area contributed by atoms with Gasteiger partial charge in [0, 0.05) is 49.7 Å². The Morgan fingerprint density at radius 1 is 0.322 bits per heavy atom. The number of nitrogens with zero attached hydrogens (tertiary/aromatic N) is 2. The first-order valence-electron chi connectivity index (χ1n) is 20.2. The van der Waals surface area contributed by atoms with E-state index in [4.69, 9.17) is 4.42 Å². The van der Waals surface area contributed by atoms with Gasteiger partial charge < -0.3 is 13.9 Å². The van der Waals surface area contributed by atoms with Crippen LogP contribution >= 0.6 is 0 Å². The highest BCUT2D eigenvalue weighted by molar-refractivity contribution is 6.15. The van der Waals surface area contributed by atoms with Gasteiger partial charge in [0.05, 0.1) is 11.0 Å². The molecule has 10 aromatic carbocycles. The topological polar surface area (TPSA) is 21.3 Å². The molecule has 0 saturated carbocycles. The Balaban J connectivity index is 0.945. The normalized spacial score (nSPS) is 11.7. The first-order valence-corrected chi connectivity index (χ1v) is 20.2. The number of benzene rings is 10. The Kier molecular flexibility index (Phi) is 7.54. The summed E-state index contributed by atoms with van der Waals surface area (Å²) in [7, 11) is 0. The van der Waals surface area contributed by atoms with E-state index < -0.39 is 0 Å². The zero-order valence-corrected chi connectivity index (χ0v) is 32.1. The lowest BCUT2D eigenvalue weighted by molar-refractivity contribution is 0.673. The van der Waals surface area contributed by atoms with Crippen molar-refractivity contribution in [2.24, 2.45) is 0 Å². The lowest BCUT2D eigenvalue weighted by atomic mass is 10.0. The van der Waals surface area contributed by atoms with Crippen LogP contribution in [0.1, 0.15) is 0 Å². The number of hydrogen-bond donors (Lipinski definition) is 0. The van der Waals surface area contributed by atoms with Crippen LogP contribution in [-0.4, -0.2) is 4.57 Å². The molecule has 0 fully saturated rings. The second kappa shape index (κ2) is 13.4. The zero-order valence-electron chi connectivity index (χ0n) is 32.1. The van der Waals surface area contributed by atoms with Crippen molar-refractivity contribution < 1.29 is 4.42 Å². The molecule has 3 nitrogen and oxygen atoms in total. The van der Waals surface area contributed by atoms with Crippen LogP contribution in [-0.2, 0) is 0 Å². The van der Waals surface area contributed by atoms with Crippen molar-refractivity contribution in [1.29, 1.82) is 0 Å². The van der Waals surface area contributed by atoms with Gasteiger partial charge in [-0.2, -0.15) is 0 Å². The average molecular weight is 753 g/mol. The molecule has 0 aliphatic carbocycles. The van der Waals surface area contributed by atoms with Crippen molar-refractivity contribution in [3.05, 3.63) is 218 Å². The molecule has 0 aliphatic rings. The maximum Gasteiger partial charge on any atom is 0.143 e. The van der Waals surface area contributed by atoms with Crippen molar-refractivity contribution in [2.45, 2.75) is 0 Å². The minimum absolute atomic E-state index is 0.892. The highest BCUT2D eigenvalue weighted by Crippen LogP contribution is 2.41. The third-order valence-electron chi connectivity index (χ3n) is 11.9. The molecule has 0 radical (unpaired) electrons. The van der Waals surface area contributed by atoms with E-state index in [0.29, 0.717) is 0 Å². The fourth-order valence-corrected chi connectivity index (χ4v) is 9.10. The summed E-state index contributed by atoms with van der Waals surface area (Å²) in [5.74, 6) is 0. The molecule has 0 saturated heterocycles. The number of aromatic nitrogens is 1. The fraction of sp³-hybridized carbons (Fsp3) is 0. The zero-order chi connectivity index (χ0) is 38.9. The molecule has 2 heterocycles. The minimum atomic E-state index is 0.892. The summed E-state index contributed by atoms with van der Waals surface area (Å²) in [5, 5.41) is 9.54. The molecular formula is C56H36N2O. The Bertz CT molecular complexity index is 3520. The van der Waals surface area contributed by atoms with Gasteiger partial charge in [-0.15, -0.1) is 0 Å². The van der Waals surface area contributed by atoms with Gasteiger partial charge in [-0.05, 0) is 117 Å². The largest absolute Gasteiger partial charge is 0.455 e. The molecule has 2 aromatic heterocycles. The third kappa shape index (κ3) is 5.51. The maximum atomic E-state index is 6.59. The van der Waals surface area contributed by atoms with Crippen molar-refractivity contribution in [2.75, 3.05) is 4.90 Å². The standard InChI is InChI=1S/C56H36N2O/c1-2-13-40-34-47(30-25-37(40)11-1)57(45-16-10-15-42(35-45)43-27-31-51-52-32-26-39-12-3-4-18-48(39)56(52)59-55(51)36-43)44-28-23-38(24-29-44)41-14-9-17-46(33-41)58-53-21-7-5-19-49(53)50-20-6-8-22-54(50)58/h1-36H. The van der Waals surface area contributed by atoms with E-state index in [9.17, 15) is 0 Å². The van der Waals surface area contributed by atoms with Gasteiger partial charge in [0.1, 0.15) is 11.2 Å². The summed E-state index contributed by atoms with van der Waals surface area (Å²) in [5.41, 5.74) is 13.2. The fourth-order valence-electron chi connectivity index (χ4n) is 9.10. The summed E-state index contributed by atoms with van der Waals surface area (Å²) in [4.78, 5) is 2.36. The van der Waals surface area contributed by atoms with Gasteiger partial charge in [-0.25, -0.2) is 0 Å². The highest BCUT2D eigenvalue weighted by atomic mass is 16.3.